The van der Waals surface area contributed by atoms with Crippen LogP contribution in [-0.2, 0) is 9.59 Å². The van der Waals surface area contributed by atoms with Gasteiger partial charge in [-0.1, -0.05) is 12.8 Å². The SMILES string of the molecule is CC(=O)NCCCNC(=O)C1CC2CCCCC2N1.Cl. The monoisotopic (exact) mass is 303 g/mol. The lowest BCUT2D eigenvalue weighted by Crippen LogP contribution is -2.43. The Morgan fingerprint density at radius 1 is 1.15 bits per heavy atom. The summed E-state index contributed by atoms with van der Waals surface area (Å²) in [6.07, 6.45) is 6.86. The van der Waals surface area contributed by atoms with Gasteiger partial charge in [-0.05, 0) is 31.6 Å². The molecular formula is C14H26ClN3O2. The highest BCUT2D eigenvalue weighted by Gasteiger charge is 2.37. The van der Waals surface area contributed by atoms with Crippen LogP contribution >= 0.6 is 12.4 Å². The van der Waals surface area contributed by atoms with Crippen molar-refractivity contribution in [3.05, 3.63) is 0 Å². The van der Waals surface area contributed by atoms with Crippen molar-refractivity contribution in [3.63, 3.8) is 0 Å². The van der Waals surface area contributed by atoms with Crippen molar-refractivity contribution in [2.45, 2.75) is 57.5 Å². The van der Waals surface area contributed by atoms with Gasteiger partial charge in [0, 0.05) is 26.1 Å². The van der Waals surface area contributed by atoms with Gasteiger partial charge in [-0.25, -0.2) is 0 Å². The Balaban J connectivity index is 0.00000200. The molecule has 0 aromatic carbocycles. The third kappa shape index (κ3) is 4.94. The minimum Gasteiger partial charge on any atom is -0.356 e. The lowest BCUT2D eigenvalue weighted by molar-refractivity contribution is -0.122. The van der Waals surface area contributed by atoms with Crippen LogP contribution in [0.2, 0.25) is 0 Å². The molecule has 1 aliphatic heterocycles. The maximum Gasteiger partial charge on any atom is 0.237 e. The molecule has 0 aromatic rings. The summed E-state index contributed by atoms with van der Waals surface area (Å²) in [7, 11) is 0. The van der Waals surface area contributed by atoms with E-state index in [1.807, 2.05) is 0 Å². The predicted molar refractivity (Wildman–Crippen MR) is 80.8 cm³/mol. The Hall–Kier alpha value is -0.810. The molecular weight excluding hydrogens is 278 g/mol. The molecule has 116 valence electrons. The van der Waals surface area contributed by atoms with Crippen LogP contribution in [0, 0.1) is 5.92 Å². The second-order valence-corrected chi connectivity index (χ2v) is 5.73. The number of hydrogen-bond donors (Lipinski definition) is 3. The van der Waals surface area contributed by atoms with Crippen LogP contribution in [0.15, 0.2) is 0 Å². The summed E-state index contributed by atoms with van der Waals surface area (Å²) in [6, 6.07) is 0.553. The maximum atomic E-state index is 12.0. The number of fused-ring (bicyclic) bond motifs is 1. The Morgan fingerprint density at radius 3 is 2.55 bits per heavy atom. The van der Waals surface area contributed by atoms with E-state index >= 15 is 0 Å². The fraction of sp³-hybridized carbons (Fsp3) is 0.857. The van der Waals surface area contributed by atoms with Gasteiger partial charge < -0.3 is 16.0 Å². The van der Waals surface area contributed by atoms with E-state index in [0.717, 1.165) is 12.8 Å². The molecule has 3 unspecified atom stereocenters. The van der Waals surface area contributed by atoms with Crippen molar-refractivity contribution in [2.24, 2.45) is 5.92 Å². The molecule has 1 saturated carbocycles. The van der Waals surface area contributed by atoms with E-state index in [2.05, 4.69) is 16.0 Å². The fourth-order valence-corrected chi connectivity index (χ4v) is 3.21. The van der Waals surface area contributed by atoms with Gasteiger partial charge in [0.1, 0.15) is 0 Å². The van der Waals surface area contributed by atoms with Gasteiger partial charge in [0.05, 0.1) is 6.04 Å². The topological polar surface area (TPSA) is 70.2 Å². The predicted octanol–water partition coefficient (Wildman–Crippen LogP) is 0.971. The third-order valence-corrected chi connectivity index (χ3v) is 4.21. The molecule has 2 aliphatic rings. The number of carbonyl (C=O) groups is 2. The van der Waals surface area contributed by atoms with Gasteiger partial charge in [0.15, 0.2) is 0 Å². The molecule has 1 heterocycles. The number of rotatable bonds is 5. The molecule has 3 N–H and O–H groups in total. The van der Waals surface area contributed by atoms with Gasteiger partial charge in [-0.2, -0.15) is 0 Å². The summed E-state index contributed by atoms with van der Waals surface area (Å²) in [6.45, 7) is 2.76. The first-order chi connectivity index (χ1) is 9.16. The zero-order chi connectivity index (χ0) is 13.7. The highest BCUT2D eigenvalue weighted by Crippen LogP contribution is 2.33. The average Bonchev–Trinajstić information content (AvgIpc) is 2.81. The van der Waals surface area contributed by atoms with Crippen molar-refractivity contribution >= 4 is 24.2 Å². The van der Waals surface area contributed by atoms with Crippen LogP contribution in [0.3, 0.4) is 0 Å². The quantitative estimate of drug-likeness (QED) is 0.663. The molecule has 2 amide bonds. The Kier molecular flexibility index (Phi) is 7.30. The molecule has 0 spiro atoms. The first-order valence-corrected chi connectivity index (χ1v) is 7.45. The molecule has 6 heteroatoms. The summed E-state index contributed by atoms with van der Waals surface area (Å²) in [4.78, 5) is 22.7. The van der Waals surface area contributed by atoms with Crippen LogP contribution in [0.5, 0.6) is 0 Å². The van der Waals surface area contributed by atoms with Gasteiger partial charge in [-0.3, -0.25) is 9.59 Å². The molecule has 0 aromatic heterocycles. The van der Waals surface area contributed by atoms with Crippen LogP contribution in [-0.4, -0.2) is 37.0 Å². The highest BCUT2D eigenvalue weighted by molar-refractivity contribution is 5.85. The van der Waals surface area contributed by atoms with E-state index in [0.29, 0.717) is 25.0 Å². The van der Waals surface area contributed by atoms with Crippen molar-refractivity contribution in [1.82, 2.24) is 16.0 Å². The molecule has 1 aliphatic carbocycles. The maximum absolute atomic E-state index is 12.0. The largest absolute Gasteiger partial charge is 0.356 e. The van der Waals surface area contributed by atoms with Crippen molar-refractivity contribution in [1.29, 1.82) is 0 Å². The van der Waals surface area contributed by atoms with E-state index in [4.69, 9.17) is 0 Å². The summed E-state index contributed by atoms with van der Waals surface area (Å²) < 4.78 is 0. The van der Waals surface area contributed by atoms with Gasteiger partial charge in [-0.15, -0.1) is 12.4 Å². The third-order valence-electron chi connectivity index (χ3n) is 4.21. The smallest absolute Gasteiger partial charge is 0.237 e. The first-order valence-electron chi connectivity index (χ1n) is 7.45. The normalized spacial score (nSPS) is 28.1. The van der Waals surface area contributed by atoms with E-state index in [1.54, 1.807) is 0 Å². The number of amides is 2. The van der Waals surface area contributed by atoms with Crippen LogP contribution in [0.4, 0.5) is 0 Å². The van der Waals surface area contributed by atoms with Gasteiger partial charge >= 0.3 is 0 Å². The Morgan fingerprint density at radius 2 is 1.85 bits per heavy atom. The number of carbonyl (C=O) groups excluding carboxylic acids is 2. The second kappa shape index (κ2) is 8.47. The van der Waals surface area contributed by atoms with E-state index < -0.39 is 0 Å². The van der Waals surface area contributed by atoms with Crippen molar-refractivity contribution < 1.29 is 9.59 Å². The second-order valence-electron chi connectivity index (χ2n) is 5.73. The number of hydrogen-bond acceptors (Lipinski definition) is 3. The number of halogens is 1. The summed E-state index contributed by atoms with van der Waals surface area (Å²) in [5, 5.41) is 9.15. The average molecular weight is 304 g/mol. The molecule has 1 saturated heterocycles. The Labute approximate surface area is 127 Å². The summed E-state index contributed by atoms with van der Waals surface area (Å²) in [5.41, 5.74) is 0. The molecule has 2 rings (SSSR count). The zero-order valence-corrected chi connectivity index (χ0v) is 12.9. The standard InChI is InChI=1S/C14H25N3O2.ClH/c1-10(18)15-7-4-8-16-14(19)13-9-11-5-2-3-6-12(11)17-13;/h11-13,17H,2-9H2,1H3,(H,15,18)(H,16,19);1H. The van der Waals surface area contributed by atoms with Crippen LogP contribution in [0.1, 0.15) is 45.4 Å². The van der Waals surface area contributed by atoms with Crippen LogP contribution < -0.4 is 16.0 Å². The van der Waals surface area contributed by atoms with Crippen LogP contribution in [0.25, 0.3) is 0 Å². The molecule has 5 nitrogen and oxygen atoms in total. The minimum absolute atomic E-state index is 0. The van der Waals surface area contributed by atoms with E-state index in [-0.39, 0.29) is 30.3 Å². The lowest BCUT2D eigenvalue weighted by atomic mass is 9.85. The Bertz CT molecular complexity index is 324. The summed E-state index contributed by atoms with van der Waals surface area (Å²) >= 11 is 0. The summed E-state index contributed by atoms with van der Waals surface area (Å²) in [5.74, 6) is 0.800. The first kappa shape index (κ1) is 17.2. The van der Waals surface area contributed by atoms with E-state index in [9.17, 15) is 9.59 Å². The lowest BCUT2D eigenvalue weighted by Gasteiger charge is -2.24. The molecule has 0 radical (unpaired) electrons. The minimum atomic E-state index is -0.0205. The zero-order valence-electron chi connectivity index (χ0n) is 12.1. The van der Waals surface area contributed by atoms with Gasteiger partial charge in [0.25, 0.3) is 0 Å². The van der Waals surface area contributed by atoms with Crippen molar-refractivity contribution in [2.75, 3.05) is 13.1 Å². The van der Waals surface area contributed by atoms with Crippen molar-refractivity contribution in [3.8, 4) is 0 Å². The molecule has 3 atom stereocenters. The highest BCUT2D eigenvalue weighted by atomic mass is 35.5. The molecule has 0 bridgehead atoms. The fourth-order valence-electron chi connectivity index (χ4n) is 3.21. The van der Waals surface area contributed by atoms with Gasteiger partial charge in [0.2, 0.25) is 11.8 Å². The molecule has 20 heavy (non-hydrogen) atoms. The van der Waals surface area contributed by atoms with E-state index in [1.165, 1.54) is 32.6 Å². The molecule has 2 fully saturated rings. The number of nitrogens with one attached hydrogen (secondary N) is 3.